The number of hydrogen-bond acceptors (Lipinski definition) is 1. The molecule has 0 radical (unpaired) electrons. The standard InChI is InChI=1S/C19H38O/c1-5-6-7-8-9-10-11-12-13-19(20)15-14-18(3,4)16-17(19)2/h17,20H,5-16H2,1-4H3. The fourth-order valence-electron chi connectivity index (χ4n) is 3.86. The predicted octanol–water partition coefficient (Wildman–Crippen LogP) is 6.09. The van der Waals surface area contributed by atoms with Gasteiger partial charge in [-0.1, -0.05) is 79.1 Å². The monoisotopic (exact) mass is 282 g/mol. The molecule has 0 bridgehead atoms. The zero-order valence-electron chi connectivity index (χ0n) is 14.5. The average molecular weight is 283 g/mol. The normalized spacial score (nSPS) is 29.6. The smallest absolute Gasteiger partial charge is 0.0673 e. The van der Waals surface area contributed by atoms with Gasteiger partial charge in [0.05, 0.1) is 5.60 Å². The molecule has 0 spiro atoms. The van der Waals surface area contributed by atoms with Crippen molar-refractivity contribution in [2.24, 2.45) is 11.3 Å². The van der Waals surface area contributed by atoms with Crippen LogP contribution in [0.5, 0.6) is 0 Å². The SMILES string of the molecule is CCCCCCCCCCC1(O)CCC(C)(C)CC1C. The lowest BCUT2D eigenvalue weighted by Crippen LogP contribution is -2.43. The van der Waals surface area contributed by atoms with E-state index in [4.69, 9.17) is 0 Å². The molecule has 2 atom stereocenters. The van der Waals surface area contributed by atoms with Crippen LogP contribution in [0.25, 0.3) is 0 Å². The van der Waals surface area contributed by atoms with Crippen LogP contribution in [0.15, 0.2) is 0 Å². The van der Waals surface area contributed by atoms with Crippen LogP contribution in [-0.4, -0.2) is 10.7 Å². The van der Waals surface area contributed by atoms with E-state index >= 15 is 0 Å². The predicted molar refractivity (Wildman–Crippen MR) is 89.0 cm³/mol. The first-order valence-corrected chi connectivity index (χ1v) is 9.12. The molecule has 2 unspecified atom stereocenters. The van der Waals surface area contributed by atoms with E-state index < -0.39 is 0 Å². The minimum Gasteiger partial charge on any atom is -0.390 e. The van der Waals surface area contributed by atoms with Crippen LogP contribution in [0, 0.1) is 11.3 Å². The number of unbranched alkanes of at least 4 members (excludes halogenated alkanes) is 7. The van der Waals surface area contributed by atoms with E-state index in [1.165, 1.54) is 64.2 Å². The van der Waals surface area contributed by atoms with Crippen molar-refractivity contribution < 1.29 is 5.11 Å². The molecule has 120 valence electrons. The van der Waals surface area contributed by atoms with Gasteiger partial charge in [-0.25, -0.2) is 0 Å². The van der Waals surface area contributed by atoms with E-state index in [9.17, 15) is 5.11 Å². The largest absolute Gasteiger partial charge is 0.390 e. The van der Waals surface area contributed by atoms with Crippen molar-refractivity contribution in [2.45, 2.75) is 110 Å². The highest BCUT2D eigenvalue weighted by Crippen LogP contribution is 2.45. The van der Waals surface area contributed by atoms with Gasteiger partial charge in [0, 0.05) is 0 Å². The highest BCUT2D eigenvalue weighted by atomic mass is 16.3. The van der Waals surface area contributed by atoms with Crippen molar-refractivity contribution in [2.75, 3.05) is 0 Å². The molecule has 0 aromatic heterocycles. The highest BCUT2D eigenvalue weighted by Gasteiger charge is 2.41. The maximum absolute atomic E-state index is 10.8. The Morgan fingerprint density at radius 1 is 0.900 bits per heavy atom. The molecule has 1 rings (SSSR count). The first-order valence-electron chi connectivity index (χ1n) is 9.12. The molecule has 1 fully saturated rings. The van der Waals surface area contributed by atoms with Crippen molar-refractivity contribution in [1.29, 1.82) is 0 Å². The van der Waals surface area contributed by atoms with Gasteiger partial charge in [-0.05, 0) is 37.0 Å². The van der Waals surface area contributed by atoms with Crippen LogP contribution >= 0.6 is 0 Å². The van der Waals surface area contributed by atoms with Gasteiger partial charge in [0.2, 0.25) is 0 Å². The third-order valence-electron chi connectivity index (χ3n) is 5.47. The zero-order chi connectivity index (χ0) is 15.1. The maximum atomic E-state index is 10.8. The van der Waals surface area contributed by atoms with E-state index in [1.807, 2.05) is 0 Å². The average Bonchev–Trinajstić information content (AvgIpc) is 2.38. The summed E-state index contributed by atoms with van der Waals surface area (Å²) in [5.74, 6) is 0.468. The summed E-state index contributed by atoms with van der Waals surface area (Å²) < 4.78 is 0. The minimum atomic E-state index is -0.363. The molecule has 0 heterocycles. The van der Waals surface area contributed by atoms with Crippen molar-refractivity contribution in [3.63, 3.8) is 0 Å². The third-order valence-corrected chi connectivity index (χ3v) is 5.47. The van der Waals surface area contributed by atoms with Gasteiger partial charge in [0.25, 0.3) is 0 Å². The second-order valence-electron chi connectivity index (χ2n) is 8.10. The summed E-state index contributed by atoms with van der Waals surface area (Å²) in [6, 6.07) is 0. The van der Waals surface area contributed by atoms with Gasteiger partial charge in [-0.15, -0.1) is 0 Å². The summed E-state index contributed by atoms with van der Waals surface area (Å²) in [7, 11) is 0. The fraction of sp³-hybridized carbons (Fsp3) is 1.00. The molecule has 1 aliphatic rings. The fourth-order valence-corrected chi connectivity index (χ4v) is 3.86. The molecular formula is C19H38O. The van der Waals surface area contributed by atoms with E-state index in [1.54, 1.807) is 0 Å². The Labute approximate surface area is 127 Å². The first kappa shape index (κ1) is 18.0. The van der Waals surface area contributed by atoms with Gasteiger partial charge >= 0.3 is 0 Å². The van der Waals surface area contributed by atoms with Crippen molar-refractivity contribution in [3.8, 4) is 0 Å². The summed E-state index contributed by atoms with van der Waals surface area (Å²) in [4.78, 5) is 0. The van der Waals surface area contributed by atoms with Crippen LogP contribution < -0.4 is 0 Å². The molecule has 1 aliphatic carbocycles. The van der Waals surface area contributed by atoms with Crippen LogP contribution in [0.4, 0.5) is 0 Å². The van der Waals surface area contributed by atoms with Gasteiger partial charge in [0.15, 0.2) is 0 Å². The second-order valence-corrected chi connectivity index (χ2v) is 8.10. The summed E-state index contributed by atoms with van der Waals surface area (Å²) in [6.45, 7) is 9.22. The van der Waals surface area contributed by atoms with Crippen LogP contribution in [0.3, 0.4) is 0 Å². The summed E-state index contributed by atoms with van der Waals surface area (Å²) >= 11 is 0. The molecule has 1 nitrogen and oxygen atoms in total. The van der Waals surface area contributed by atoms with Crippen LogP contribution in [0.2, 0.25) is 0 Å². The first-order chi connectivity index (χ1) is 9.40. The number of hydrogen-bond donors (Lipinski definition) is 1. The zero-order valence-corrected chi connectivity index (χ0v) is 14.5. The topological polar surface area (TPSA) is 20.2 Å². The summed E-state index contributed by atoms with van der Waals surface area (Å²) in [5.41, 5.74) is 0.0721. The Morgan fingerprint density at radius 2 is 1.45 bits per heavy atom. The second kappa shape index (κ2) is 8.41. The molecule has 0 saturated heterocycles. The molecule has 0 aromatic carbocycles. The van der Waals surface area contributed by atoms with E-state index in [-0.39, 0.29) is 5.60 Å². The molecule has 0 aromatic rings. The molecule has 0 amide bonds. The maximum Gasteiger partial charge on any atom is 0.0673 e. The summed E-state index contributed by atoms with van der Waals surface area (Å²) in [5, 5.41) is 10.8. The van der Waals surface area contributed by atoms with Crippen LogP contribution in [0.1, 0.15) is 105 Å². The number of rotatable bonds is 9. The lowest BCUT2D eigenvalue weighted by molar-refractivity contribution is -0.0780. The highest BCUT2D eigenvalue weighted by molar-refractivity contribution is 4.93. The molecular weight excluding hydrogens is 244 g/mol. The number of aliphatic hydroxyl groups is 1. The Bertz CT molecular complexity index is 258. The molecule has 1 saturated carbocycles. The van der Waals surface area contributed by atoms with Crippen molar-refractivity contribution in [1.82, 2.24) is 0 Å². The van der Waals surface area contributed by atoms with Crippen LogP contribution in [-0.2, 0) is 0 Å². The van der Waals surface area contributed by atoms with Crippen molar-refractivity contribution in [3.05, 3.63) is 0 Å². The summed E-state index contributed by atoms with van der Waals surface area (Å²) in [6.07, 6.45) is 15.2. The van der Waals surface area contributed by atoms with E-state index in [0.717, 1.165) is 12.8 Å². The van der Waals surface area contributed by atoms with Gasteiger partial charge < -0.3 is 5.11 Å². The van der Waals surface area contributed by atoms with Gasteiger partial charge in [0.1, 0.15) is 0 Å². The molecule has 1 N–H and O–H groups in total. The van der Waals surface area contributed by atoms with E-state index in [2.05, 4.69) is 27.7 Å². The molecule has 0 aliphatic heterocycles. The Balaban J connectivity index is 2.12. The minimum absolute atomic E-state index is 0.363. The Kier molecular flexibility index (Phi) is 7.58. The Hall–Kier alpha value is -0.0400. The van der Waals surface area contributed by atoms with E-state index in [0.29, 0.717) is 11.3 Å². The van der Waals surface area contributed by atoms with Gasteiger partial charge in [-0.2, -0.15) is 0 Å². The lowest BCUT2D eigenvalue weighted by atomic mass is 9.64. The molecule has 20 heavy (non-hydrogen) atoms. The Morgan fingerprint density at radius 3 is 2.00 bits per heavy atom. The third kappa shape index (κ3) is 6.16. The van der Waals surface area contributed by atoms with Gasteiger partial charge in [-0.3, -0.25) is 0 Å². The van der Waals surface area contributed by atoms with Crippen molar-refractivity contribution >= 4 is 0 Å². The lowest BCUT2D eigenvalue weighted by Gasteiger charge is -2.45. The molecule has 1 heteroatoms. The quantitative estimate of drug-likeness (QED) is 0.507.